The first kappa shape index (κ1) is 20.7. The van der Waals surface area contributed by atoms with Crippen LogP contribution in [0.4, 0.5) is 14.9 Å². The smallest absolute Gasteiger partial charge is 0.414 e. The van der Waals surface area contributed by atoms with Gasteiger partial charge in [0, 0.05) is 17.3 Å². The summed E-state index contributed by atoms with van der Waals surface area (Å²) in [5.41, 5.74) is 1.75. The minimum absolute atomic E-state index is 0.132. The average Bonchev–Trinajstić information content (AvgIpc) is 3.37. The molecular formula is C19H17ClFN7O3. The lowest BCUT2D eigenvalue weighted by atomic mass is 10.1. The Morgan fingerprint density at radius 1 is 1.35 bits per heavy atom. The first-order valence-corrected chi connectivity index (χ1v) is 9.79. The third kappa shape index (κ3) is 4.45. The summed E-state index contributed by atoms with van der Waals surface area (Å²) in [5, 5.41) is 14.3. The number of aryl methyl sites for hydroxylation is 1. The molecule has 0 radical (unpaired) electrons. The van der Waals surface area contributed by atoms with Gasteiger partial charge in [0.05, 0.1) is 25.8 Å². The van der Waals surface area contributed by atoms with Crippen LogP contribution in [0.3, 0.4) is 0 Å². The van der Waals surface area contributed by atoms with Crippen molar-refractivity contribution in [3.8, 4) is 22.6 Å². The van der Waals surface area contributed by atoms with Gasteiger partial charge in [-0.3, -0.25) is 14.7 Å². The second-order valence-corrected chi connectivity index (χ2v) is 7.02. The normalized spacial score (nSPS) is 15.8. The van der Waals surface area contributed by atoms with Gasteiger partial charge in [0.1, 0.15) is 23.5 Å². The Bertz CT molecular complexity index is 1120. The van der Waals surface area contributed by atoms with Gasteiger partial charge in [-0.2, -0.15) is 4.80 Å². The number of hydrogen-bond acceptors (Lipinski definition) is 7. The van der Waals surface area contributed by atoms with Gasteiger partial charge in [-0.25, -0.2) is 9.18 Å². The highest BCUT2D eigenvalue weighted by atomic mass is 35.5. The van der Waals surface area contributed by atoms with Gasteiger partial charge in [-0.05, 0) is 29.5 Å². The van der Waals surface area contributed by atoms with E-state index in [0.717, 1.165) is 0 Å². The fourth-order valence-electron chi connectivity index (χ4n) is 3.09. The Morgan fingerprint density at radius 2 is 2.19 bits per heavy atom. The third-order valence-electron chi connectivity index (χ3n) is 4.60. The number of pyridine rings is 1. The highest BCUT2D eigenvalue weighted by Crippen LogP contribution is 2.29. The van der Waals surface area contributed by atoms with E-state index in [-0.39, 0.29) is 24.9 Å². The maximum absolute atomic E-state index is 14.8. The van der Waals surface area contributed by atoms with Gasteiger partial charge < -0.3 is 10.1 Å². The van der Waals surface area contributed by atoms with Crippen LogP contribution in [-0.4, -0.2) is 62.3 Å². The molecule has 3 heterocycles. The van der Waals surface area contributed by atoms with Crippen LogP contribution < -0.4 is 10.2 Å². The Labute approximate surface area is 181 Å². The van der Waals surface area contributed by atoms with Crippen molar-refractivity contribution < 1.29 is 18.7 Å². The minimum Gasteiger partial charge on any atom is -0.442 e. The zero-order valence-electron chi connectivity index (χ0n) is 16.3. The van der Waals surface area contributed by atoms with E-state index in [1.165, 1.54) is 22.0 Å². The van der Waals surface area contributed by atoms with Crippen LogP contribution in [0.15, 0.2) is 36.5 Å². The number of benzene rings is 1. The highest BCUT2D eigenvalue weighted by Gasteiger charge is 2.32. The molecule has 10 nitrogen and oxygen atoms in total. The number of hydrogen-bond donors (Lipinski definition) is 1. The van der Waals surface area contributed by atoms with Crippen LogP contribution in [-0.2, 0) is 16.6 Å². The molecule has 1 atom stereocenters. The number of aromatic nitrogens is 5. The quantitative estimate of drug-likeness (QED) is 0.575. The molecule has 0 bridgehead atoms. The number of nitrogens with zero attached hydrogens (tertiary/aromatic N) is 6. The molecule has 0 unspecified atom stereocenters. The molecule has 2 amide bonds. The molecule has 160 valence electrons. The van der Waals surface area contributed by atoms with Crippen LogP contribution >= 0.6 is 11.6 Å². The van der Waals surface area contributed by atoms with Crippen LogP contribution in [0.1, 0.15) is 0 Å². The zero-order chi connectivity index (χ0) is 22.0. The molecule has 31 heavy (non-hydrogen) atoms. The van der Waals surface area contributed by atoms with Crippen molar-refractivity contribution in [1.29, 1.82) is 0 Å². The predicted molar refractivity (Wildman–Crippen MR) is 109 cm³/mol. The van der Waals surface area contributed by atoms with Crippen LogP contribution in [0.25, 0.3) is 22.6 Å². The Hall–Kier alpha value is -3.60. The molecule has 1 fully saturated rings. The van der Waals surface area contributed by atoms with E-state index in [4.69, 9.17) is 16.3 Å². The molecule has 1 aliphatic heterocycles. The van der Waals surface area contributed by atoms with Crippen LogP contribution in [0.5, 0.6) is 0 Å². The van der Waals surface area contributed by atoms with Crippen molar-refractivity contribution in [2.24, 2.45) is 7.05 Å². The second kappa shape index (κ2) is 8.64. The third-order valence-corrected chi connectivity index (χ3v) is 4.84. The average molecular weight is 446 g/mol. The fraction of sp³-hybridized carbons (Fsp3) is 0.263. The summed E-state index contributed by atoms with van der Waals surface area (Å²) in [6.45, 7) is 0.314. The number of nitrogens with one attached hydrogen (secondary N) is 1. The number of anilines is 1. The lowest BCUT2D eigenvalue weighted by Crippen LogP contribution is -2.35. The maximum Gasteiger partial charge on any atom is 0.414 e. The monoisotopic (exact) mass is 445 g/mol. The predicted octanol–water partition coefficient (Wildman–Crippen LogP) is 1.76. The molecule has 12 heteroatoms. The number of carbonyl (C=O) groups is 2. The lowest BCUT2D eigenvalue weighted by Gasteiger charge is -2.14. The molecule has 4 rings (SSSR count). The minimum atomic E-state index is -0.611. The van der Waals surface area contributed by atoms with Gasteiger partial charge in [0.15, 0.2) is 0 Å². The number of rotatable bonds is 6. The van der Waals surface area contributed by atoms with Crippen molar-refractivity contribution in [3.05, 3.63) is 42.3 Å². The molecule has 1 N–H and O–H groups in total. The van der Waals surface area contributed by atoms with E-state index in [1.54, 1.807) is 31.3 Å². The Morgan fingerprint density at radius 3 is 2.84 bits per heavy atom. The molecule has 0 saturated carbocycles. The van der Waals surface area contributed by atoms with E-state index < -0.39 is 18.0 Å². The van der Waals surface area contributed by atoms with Gasteiger partial charge in [-0.15, -0.1) is 21.8 Å². The molecular weight excluding hydrogens is 429 g/mol. The van der Waals surface area contributed by atoms with Crippen LogP contribution in [0, 0.1) is 5.82 Å². The summed E-state index contributed by atoms with van der Waals surface area (Å²) in [5.74, 6) is -0.686. The fourth-order valence-corrected chi connectivity index (χ4v) is 3.19. The summed E-state index contributed by atoms with van der Waals surface area (Å²) in [4.78, 5) is 30.3. The van der Waals surface area contributed by atoms with E-state index in [2.05, 4.69) is 25.7 Å². The summed E-state index contributed by atoms with van der Waals surface area (Å²) in [7, 11) is 1.65. The lowest BCUT2D eigenvalue weighted by molar-refractivity contribution is -0.119. The van der Waals surface area contributed by atoms with Crippen molar-refractivity contribution >= 4 is 29.3 Å². The Balaban J connectivity index is 1.48. The van der Waals surface area contributed by atoms with Crippen molar-refractivity contribution in [2.75, 3.05) is 23.9 Å². The molecule has 2 aromatic heterocycles. The standard InChI is InChI=1S/C19H17ClFN7O3/c1-27-25-18(24-26-27)16-5-2-11(8-22-16)14-4-3-12(6-15(14)21)28-10-13(31-19(28)30)9-23-17(29)7-20/h2-6,8,13H,7,9-10H2,1H3,(H,23,29)/t13-/m0/s1. The van der Waals surface area contributed by atoms with E-state index in [1.807, 2.05) is 0 Å². The number of ether oxygens (including phenoxy) is 1. The van der Waals surface area contributed by atoms with E-state index in [0.29, 0.717) is 28.3 Å². The Kier molecular flexibility index (Phi) is 5.76. The molecule has 3 aromatic rings. The topological polar surface area (TPSA) is 115 Å². The maximum atomic E-state index is 14.8. The van der Waals surface area contributed by atoms with E-state index >= 15 is 0 Å². The largest absolute Gasteiger partial charge is 0.442 e. The van der Waals surface area contributed by atoms with Crippen molar-refractivity contribution in [3.63, 3.8) is 0 Å². The number of halogens is 2. The molecule has 0 spiro atoms. The number of amides is 2. The summed E-state index contributed by atoms with van der Waals surface area (Å²) < 4.78 is 20.0. The summed E-state index contributed by atoms with van der Waals surface area (Å²) in [6, 6.07) is 7.83. The van der Waals surface area contributed by atoms with Gasteiger partial charge >= 0.3 is 6.09 Å². The van der Waals surface area contributed by atoms with Crippen molar-refractivity contribution in [1.82, 2.24) is 30.5 Å². The number of alkyl halides is 1. The number of cyclic esters (lactones) is 1. The molecule has 1 aliphatic rings. The van der Waals surface area contributed by atoms with Crippen molar-refractivity contribution in [2.45, 2.75) is 6.10 Å². The van der Waals surface area contributed by atoms with E-state index in [9.17, 15) is 14.0 Å². The summed E-state index contributed by atoms with van der Waals surface area (Å²) >= 11 is 5.43. The first-order chi connectivity index (χ1) is 14.9. The highest BCUT2D eigenvalue weighted by molar-refractivity contribution is 6.27. The summed E-state index contributed by atoms with van der Waals surface area (Å²) in [6.07, 6.45) is 0.359. The second-order valence-electron chi connectivity index (χ2n) is 6.75. The van der Waals surface area contributed by atoms with Gasteiger partial charge in [0.2, 0.25) is 11.7 Å². The molecule has 1 saturated heterocycles. The number of carbonyl (C=O) groups excluding carboxylic acids is 2. The van der Waals surface area contributed by atoms with Gasteiger partial charge in [-0.1, -0.05) is 6.07 Å². The molecule has 0 aliphatic carbocycles. The molecule has 1 aromatic carbocycles. The zero-order valence-corrected chi connectivity index (χ0v) is 17.1. The van der Waals surface area contributed by atoms with Crippen LogP contribution in [0.2, 0.25) is 0 Å². The first-order valence-electron chi connectivity index (χ1n) is 9.25. The van der Waals surface area contributed by atoms with Gasteiger partial charge in [0.25, 0.3) is 0 Å². The number of tetrazole rings is 1. The SMILES string of the molecule is Cn1nnc(-c2ccc(-c3ccc(N4C[C@H](CNC(=O)CCl)OC4=O)cc3F)cn2)n1.